The lowest BCUT2D eigenvalue weighted by Gasteiger charge is -2.11. The minimum absolute atomic E-state index is 0.102. The van der Waals surface area contributed by atoms with E-state index in [1.807, 2.05) is 43.3 Å². The Kier molecular flexibility index (Phi) is 5.18. The predicted octanol–water partition coefficient (Wildman–Crippen LogP) is 4.49. The summed E-state index contributed by atoms with van der Waals surface area (Å²) in [5, 5.41) is 15.7. The van der Waals surface area contributed by atoms with Gasteiger partial charge in [-0.3, -0.25) is 14.9 Å². The van der Waals surface area contributed by atoms with Gasteiger partial charge in [-0.15, -0.1) is 0 Å². The first kappa shape index (κ1) is 17.9. The van der Waals surface area contributed by atoms with Crippen LogP contribution in [0.3, 0.4) is 0 Å². The summed E-state index contributed by atoms with van der Waals surface area (Å²) >= 11 is 1.29. The van der Waals surface area contributed by atoms with Crippen LogP contribution < -0.4 is 5.32 Å². The molecule has 0 saturated carbocycles. The van der Waals surface area contributed by atoms with Crippen LogP contribution in [0.5, 0.6) is 0 Å². The van der Waals surface area contributed by atoms with Crippen molar-refractivity contribution in [1.82, 2.24) is 4.98 Å². The number of hydrogen-bond acceptors (Lipinski definition) is 5. The number of aryl methyl sites for hydroxylation is 1. The number of carbonyl (C=O) groups is 1. The first-order valence-electron chi connectivity index (χ1n) is 7.99. The highest BCUT2D eigenvalue weighted by Gasteiger charge is 2.19. The first-order chi connectivity index (χ1) is 12.5. The number of nitro groups is 1. The van der Waals surface area contributed by atoms with Crippen molar-refractivity contribution in [1.29, 1.82) is 0 Å². The second kappa shape index (κ2) is 7.53. The van der Waals surface area contributed by atoms with Crippen molar-refractivity contribution in [3.63, 3.8) is 0 Å². The highest BCUT2D eigenvalue weighted by Crippen LogP contribution is 2.30. The molecule has 7 heteroatoms. The van der Waals surface area contributed by atoms with Gasteiger partial charge in [0.05, 0.1) is 21.2 Å². The van der Waals surface area contributed by atoms with E-state index in [4.69, 9.17) is 0 Å². The van der Waals surface area contributed by atoms with Crippen LogP contribution in [0.4, 0.5) is 11.4 Å². The molecule has 0 unspecified atom stereocenters. The number of benzene rings is 2. The number of anilines is 1. The Morgan fingerprint density at radius 2 is 1.92 bits per heavy atom. The molecule has 1 N–H and O–H groups in total. The molecule has 0 aliphatic heterocycles. The third kappa shape index (κ3) is 3.83. The Balaban J connectivity index is 1.73. The zero-order valence-electron chi connectivity index (χ0n) is 14.4. The van der Waals surface area contributed by atoms with Crippen molar-refractivity contribution in [2.75, 3.05) is 11.1 Å². The molecule has 0 aliphatic rings. The second-order valence-electron chi connectivity index (χ2n) is 5.84. The van der Waals surface area contributed by atoms with E-state index in [-0.39, 0.29) is 23.0 Å². The summed E-state index contributed by atoms with van der Waals surface area (Å²) in [5.74, 6) is -0.183. The minimum Gasteiger partial charge on any atom is -0.319 e. The van der Waals surface area contributed by atoms with Crippen molar-refractivity contribution < 1.29 is 9.72 Å². The highest BCUT2D eigenvalue weighted by atomic mass is 32.2. The number of pyridine rings is 1. The molecular weight excluding hydrogens is 350 g/mol. The number of para-hydroxylation sites is 1. The lowest BCUT2D eigenvalue weighted by atomic mass is 10.1. The number of nitrogens with one attached hydrogen (secondary N) is 1. The molecule has 0 aliphatic carbocycles. The first-order valence-corrected chi connectivity index (χ1v) is 8.97. The van der Waals surface area contributed by atoms with Gasteiger partial charge in [-0.25, -0.2) is 4.98 Å². The fourth-order valence-electron chi connectivity index (χ4n) is 2.55. The zero-order valence-corrected chi connectivity index (χ0v) is 15.2. The van der Waals surface area contributed by atoms with Crippen molar-refractivity contribution in [3.8, 4) is 0 Å². The van der Waals surface area contributed by atoms with Crippen molar-refractivity contribution in [3.05, 3.63) is 69.8 Å². The lowest BCUT2D eigenvalue weighted by molar-refractivity contribution is -0.384. The highest BCUT2D eigenvalue weighted by molar-refractivity contribution is 7.99. The summed E-state index contributed by atoms with van der Waals surface area (Å²) in [6, 6.07) is 14.7. The molecule has 1 amide bonds. The van der Waals surface area contributed by atoms with Gasteiger partial charge < -0.3 is 5.32 Å². The standard InChI is InChI=1S/C19H17N3O3S/c1-12-7-9-16(22(24)25)19(13(12)2)21-17(23)11-26-18-10-8-14-5-3-4-6-15(14)20-18/h3-10H,11H2,1-2H3,(H,21,23). The number of hydrogen-bond donors (Lipinski definition) is 1. The summed E-state index contributed by atoms with van der Waals surface area (Å²) < 4.78 is 0. The molecule has 0 radical (unpaired) electrons. The molecule has 1 heterocycles. The topological polar surface area (TPSA) is 85.1 Å². The lowest BCUT2D eigenvalue weighted by Crippen LogP contribution is -2.16. The van der Waals surface area contributed by atoms with Gasteiger partial charge in [0.25, 0.3) is 5.69 Å². The second-order valence-corrected chi connectivity index (χ2v) is 6.83. The maximum Gasteiger partial charge on any atom is 0.293 e. The summed E-state index contributed by atoms with van der Waals surface area (Å²) in [6.07, 6.45) is 0. The molecular formula is C19H17N3O3S. The number of fused-ring (bicyclic) bond motifs is 1. The quantitative estimate of drug-likeness (QED) is 0.408. The SMILES string of the molecule is Cc1ccc([N+](=O)[O-])c(NC(=O)CSc2ccc3ccccc3n2)c1C. The van der Waals surface area contributed by atoms with E-state index in [1.165, 1.54) is 17.8 Å². The fourth-order valence-corrected chi connectivity index (χ4v) is 3.23. The Hall–Kier alpha value is -2.93. The van der Waals surface area contributed by atoms with Crippen molar-refractivity contribution in [2.24, 2.45) is 0 Å². The number of aromatic nitrogens is 1. The van der Waals surface area contributed by atoms with Gasteiger partial charge >= 0.3 is 0 Å². The van der Waals surface area contributed by atoms with E-state index in [9.17, 15) is 14.9 Å². The van der Waals surface area contributed by atoms with Crippen LogP contribution in [0.15, 0.2) is 53.6 Å². The molecule has 0 spiro atoms. The van der Waals surface area contributed by atoms with Gasteiger partial charge in [-0.05, 0) is 37.1 Å². The molecule has 0 bridgehead atoms. The Morgan fingerprint density at radius 1 is 1.15 bits per heavy atom. The maximum atomic E-state index is 12.3. The van der Waals surface area contributed by atoms with Gasteiger partial charge in [-0.1, -0.05) is 42.1 Å². The van der Waals surface area contributed by atoms with Crippen LogP contribution >= 0.6 is 11.8 Å². The maximum absolute atomic E-state index is 12.3. The Morgan fingerprint density at radius 3 is 2.69 bits per heavy atom. The van der Waals surface area contributed by atoms with Gasteiger partial charge in [0.1, 0.15) is 5.69 Å². The average Bonchev–Trinajstić information content (AvgIpc) is 2.63. The van der Waals surface area contributed by atoms with Crippen molar-refractivity contribution >= 4 is 39.9 Å². The molecule has 0 saturated heterocycles. The Labute approximate surface area is 154 Å². The molecule has 26 heavy (non-hydrogen) atoms. The molecule has 6 nitrogen and oxygen atoms in total. The molecule has 0 atom stereocenters. The minimum atomic E-state index is -0.486. The van der Waals surface area contributed by atoms with E-state index >= 15 is 0 Å². The third-order valence-electron chi connectivity index (χ3n) is 4.10. The summed E-state index contributed by atoms with van der Waals surface area (Å²) in [5.41, 5.74) is 2.60. The smallest absolute Gasteiger partial charge is 0.293 e. The largest absolute Gasteiger partial charge is 0.319 e. The number of rotatable bonds is 5. The van der Waals surface area contributed by atoms with E-state index < -0.39 is 4.92 Å². The van der Waals surface area contributed by atoms with Gasteiger partial charge in [0.2, 0.25) is 5.91 Å². The van der Waals surface area contributed by atoms with Gasteiger partial charge in [-0.2, -0.15) is 0 Å². The molecule has 2 aromatic carbocycles. The predicted molar refractivity (Wildman–Crippen MR) is 104 cm³/mol. The van der Waals surface area contributed by atoms with Crippen LogP contribution in [-0.2, 0) is 4.79 Å². The van der Waals surface area contributed by atoms with E-state index in [2.05, 4.69) is 10.3 Å². The van der Waals surface area contributed by atoms with Crippen LogP contribution in [0, 0.1) is 24.0 Å². The van der Waals surface area contributed by atoms with Gasteiger partial charge in [0.15, 0.2) is 0 Å². The normalized spacial score (nSPS) is 10.7. The summed E-state index contributed by atoms with van der Waals surface area (Å²) in [4.78, 5) is 27.5. The number of carbonyl (C=O) groups excluding carboxylic acids is 1. The Bertz CT molecular complexity index is 1000. The van der Waals surface area contributed by atoms with Crippen LogP contribution in [0.1, 0.15) is 11.1 Å². The number of nitro benzene ring substituents is 1. The molecule has 3 rings (SSSR count). The van der Waals surface area contributed by atoms with E-state index in [1.54, 1.807) is 13.0 Å². The molecule has 0 fully saturated rings. The van der Waals surface area contributed by atoms with Crippen LogP contribution in [-0.4, -0.2) is 21.6 Å². The number of thioether (sulfide) groups is 1. The molecule has 1 aromatic heterocycles. The van der Waals surface area contributed by atoms with E-state index in [0.29, 0.717) is 5.56 Å². The molecule has 132 valence electrons. The van der Waals surface area contributed by atoms with Crippen molar-refractivity contribution in [2.45, 2.75) is 18.9 Å². The fraction of sp³-hybridized carbons (Fsp3) is 0.158. The third-order valence-corrected chi connectivity index (χ3v) is 5.03. The monoisotopic (exact) mass is 367 g/mol. The van der Waals surface area contributed by atoms with Gasteiger partial charge in [0, 0.05) is 11.5 Å². The van der Waals surface area contributed by atoms with E-state index in [0.717, 1.165) is 21.5 Å². The van der Waals surface area contributed by atoms with Crippen LogP contribution in [0.25, 0.3) is 10.9 Å². The molecule has 3 aromatic rings. The average molecular weight is 367 g/mol. The number of amides is 1. The number of nitrogens with zero attached hydrogens (tertiary/aromatic N) is 2. The summed E-state index contributed by atoms with van der Waals surface area (Å²) in [7, 11) is 0. The zero-order chi connectivity index (χ0) is 18.7. The van der Waals surface area contributed by atoms with Crippen LogP contribution in [0.2, 0.25) is 0 Å². The summed E-state index contributed by atoms with van der Waals surface area (Å²) in [6.45, 7) is 3.61.